The number of carbonyl (C=O) groups is 1. The highest BCUT2D eigenvalue weighted by atomic mass is 35.5. The number of nitrogens with zero attached hydrogens (tertiary/aromatic N) is 2. The monoisotopic (exact) mass is 644 g/mol. The Balaban J connectivity index is 1.70. The van der Waals surface area contributed by atoms with E-state index in [2.05, 4.69) is 4.85 Å². The Morgan fingerprint density at radius 3 is 2.34 bits per heavy atom. The zero-order valence-corrected chi connectivity index (χ0v) is 25.1. The molecule has 2 heterocycles. The van der Waals surface area contributed by atoms with Crippen molar-refractivity contribution < 1.29 is 26.7 Å². The Morgan fingerprint density at radius 2 is 1.64 bits per heavy atom. The molecule has 0 atom stereocenters. The van der Waals surface area contributed by atoms with Crippen LogP contribution >= 0.6 is 22.9 Å². The Bertz CT molecular complexity index is 2250. The number of benzene rings is 4. The summed E-state index contributed by atoms with van der Waals surface area (Å²) in [5.74, 6) is -1.74. The molecule has 0 saturated heterocycles. The number of thiophene rings is 1. The van der Waals surface area contributed by atoms with E-state index in [1.165, 1.54) is 36.6 Å². The van der Waals surface area contributed by atoms with Crippen LogP contribution in [0.4, 0.5) is 13.8 Å². The van der Waals surface area contributed by atoms with Gasteiger partial charge in [-0.2, -0.15) is 11.3 Å². The minimum atomic E-state index is -4.39. The first-order valence-electron chi connectivity index (χ1n) is 12.9. The SMILES string of the molecule is [C-]#[N+]c1sccc1-c1c(-c2cccc(-c3ccc(C(=O)OC)cc3Cl)c2)n(S(=O)(=O)c2ccc(F)cc2)c2ccc(F)cc12. The molecule has 0 saturated carbocycles. The van der Waals surface area contributed by atoms with Crippen LogP contribution in [0.1, 0.15) is 10.4 Å². The number of halogens is 3. The van der Waals surface area contributed by atoms with Gasteiger partial charge in [0.25, 0.3) is 10.0 Å². The molecule has 6 nitrogen and oxygen atoms in total. The average molecular weight is 645 g/mol. The van der Waals surface area contributed by atoms with E-state index in [1.54, 1.807) is 47.8 Å². The number of fused-ring (bicyclic) bond motifs is 1. The summed E-state index contributed by atoms with van der Waals surface area (Å²) in [6.45, 7) is 7.74. The van der Waals surface area contributed by atoms with Gasteiger partial charge in [-0.15, -0.1) is 0 Å². The summed E-state index contributed by atoms with van der Waals surface area (Å²) in [6.07, 6.45) is 0. The fourth-order valence-corrected chi connectivity index (χ4v) is 7.66. The summed E-state index contributed by atoms with van der Waals surface area (Å²) in [7, 11) is -3.12. The zero-order chi connectivity index (χ0) is 31.2. The van der Waals surface area contributed by atoms with E-state index in [1.807, 2.05) is 0 Å². The van der Waals surface area contributed by atoms with Crippen molar-refractivity contribution in [3.63, 3.8) is 0 Å². The predicted molar refractivity (Wildman–Crippen MR) is 168 cm³/mol. The highest BCUT2D eigenvalue weighted by Crippen LogP contribution is 2.48. The highest BCUT2D eigenvalue weighted by molar-refractivity contribution is 7.90. The maximum absolute atomic E-state index is 14.8. The molecule has 0 aliphatic heterocycles. The third-order valence-corrected chi connectivity index (χ3v) is 9.94. The Hall–Kier alpha value is -4.82. The molecule has 6 rings (SSSR count). The summed E-state index contributed by atoms with van der Waals surface area (Å²) in [6, 6.07) is 21.5. The summed E-state index contributed by atoms with van der Waals surface area (Å²) < 4.78 is 63.2. The lowest BCUT2D eigenvalue weighted by molar-refractivity contribution is 0.0600. The summed E-state index contributed by atoms with van der Waals surface area (Å²) in [4.78, 5) is 15.5. The largest absolute Gasteiger partial charge is 0.465 e. The Labute approximate surface area is 260 Å². The van der Waals surface area contributed by atoms with Crippen LogP contribution in [0.3, 0.4) is 0 Å². The molecule has 0 radical (unpaired) electrons. The lowest BCUT2D eigenvalue weighted by Crippen LogP contribution is -2.14. The molecule has 4 aromatic carbocycles. The van der Waals surface area contributed by atoms with E-state index in [9.17, 15) is 22.0 Å². The lowest BCUT2D eigenvalue weighted by Gasteiger charge is -2.15. The first kappa shape index (κ1) is 29.3. The van der Waals surface area contributed by atoms with Crippen molar-refractivity contribution in [1.82, 2.24) is 3.97 Å². The van der Waals surface area contributed by atoms with E-state index in [-0.39, 0.29) is 32.1 Å². The maximum Gasteiger partial charge on any atom is 0.337 e. The molecule has 0 spiro atoms. The van der Waals surface area contributed by atoms with Crippen molar-refractivity contribution in [2.45, 2.75) is 4.90 Å². The second-order valence-corrected chi connectivity index (χ2v) is 12.7. The molecule has 0 bridgehead atoms. The molecule has 0 aliphatic rings. The molecule has 0 fully saturated rings. The second kappa shape index (κ2) is 11.4. The molecule has 44 heavy (non-hydrogen) atoms. The van der Waals surface area contributed by atoms with Crippen molar-refractivity contribution in [2.75, 3.05) is 7.11 Å². The number of esters is 1. The molecular weight excluding hydrogens is 626 g/mol. The molecule has 6 aromatic rings. The van der Waals surface area contributed by atoms with E-state index in [0.717, 1.165) is 34.3 Å². The molecule has 0 amide bonds. The number of methoxy groups -OCH3 is 1. The van der Waals surface area contributed by atoms with E-state index in [0.29, 0.717) is 32.8 Å². The topological polar surface area (TPSA) is 69.7 Å². The number of hydrogen-bond acceptors (Lipinski definition) is 5. The van der Waals surface area contributed by atoms with Crippen LogP contribution in [0.5, 0.6) is 0 Å². The van der Waals surface area contributed by atoms with Crippen LogP contribution in [0.2, 0.25) is 5.02 Å². The number of aromatic nitrogens is 1. The zero-order valence-electron chi connectivity index (χ0n) is 22.7. The number of rotatable bonds is 6. The van der Waals surface area contributed by atoms with Crippen molar-refractivity contribution in [3.8, 4) is 33.5 Å². The molecule has 0 aliphatic carbocycles. The minimum absolute atomic E-state index is 0.175. The smallest absolute Gasteiger partial charge is 0.337 e. The molecule has 11 heteroatoms. The third-order valence-electron chi connectivity index (χ3n) is 7.09. The van der Waals surface area contributed by atoms with Gasteiger partial charge in [0.15, 0.2) is 0 Å². The van der Waals surface area contributed by atoms with Gasteiger partial charge < -0.3 is 4.74 Å². The number of hydrogen-bond donors (Lipinski definition) is 0. The highest BCUT2D eigenvalue weighted by Gasteiger charge is 2.30. The second-order valence-electron chi connectivity index (χ2n) is 9.63. The Kier molecular flexibility index (Phi) is 7.55. The summed E-state index contributed by atoms with van der Waals surface area (Å²) in [5, 5.41) is 2.55. The number of ether oxygens (including phenoxy) is 1. The van der Waals surface area contributed by atoms with Gasteiger partial charge in [0.1, 0.15) is 11.6 Å². The van der Waals surface area contributed by atoms with Crippen molar-refractivity contribution in [2.24, 2.45) is 0 Å². The van der Waals surface area contributed by atoms with Crippen molar-refractivity contribution in [3.05, 3.63) is 130 Å². The van der Waals surface area contributed by atoms with Crippen LogP contribution in [0.25, 0.3) is 49.3 Å². The first-order chi connectivity index (χ1) is 21.1. The third kappa shape index (κ3) is 4.95. The van der Waals surface area contributed by atoms with Gasteiger partial charge in [-0.25, -0.2) is 30.8 Å². The van der Waals surface area contributed by atoms with Gasteiger partial charge in [0.05, 0.1) is 35.4 Å². The standard InChI is InChI=1S/C33H19ClF2N2O4S2/c1-37-32-26(14-15-43-32)30-27-18-23(36)9-13-29(27)38(44(40,41)24-10-7-22(35)8-11-24)31(30)20-5-3-4-19(16-20)25-12-6-21(17-28(25)34)33(39)42-2/h3-18H,2H3. The van der Waals surface area contributed by atoms with Gasteiger partial charge >= 0.3 is 5.97 Å². The van der Waals surface area contributed by atoms with Crippen molar-refractivity contribution >= 4 is 54.8 Å². The Morgan fingerprint density at radius 1 is 0.909 bits per heavy atom. The molecule has 2 aromatic heterocycles. The maximum atomic E-state index is 14.8. The van der Waals surface area contributed by atoms with Crippen molar-refractivity contribution in [1.29, 1.82) is 0 Å². The fourth-order valence-electron chi connectivity index (χ4n) is 5.14. The van der Waals surface area contributed by atoms with Gasteiger partial charge in [-0.1, -0.05) is 41.9 Å². The summed E-state index contributed by atoms with van der Waals surface area (Å²) in [5.41, 5.74) is 3.00. The first-order valence-corrected chi connectivity index (χ1v) is 15.6. The quantitative estimate of drug-likeness (QED) is 0.134. The number of carbonyl (C=O) groups excluding carboxylic acids is 1. The molecular formula is C33H19ClF2N2O4S2. The van der Waals surface area contributed by atoms with Crippen LogP contribution in [0, 0.1) is 18.2 Å². The lowest BCUT2D eigenvalue weighted by atomic mass is 9.96. The van der Waals surface area contributed by atoms with Gasteiger partial charge in [0, 0.05) is 32.7 Å². The van der Waals surface area contributed by atoms with Crippen LogP contribution in [0.15, 0.2) is 101 Å². The van der Waals surface area contributed by atoms with Gasteiger partial charge in [-0.3, -0.25) is 0 Å². The average Bonchev–Trinajstić information content (AvgIpc) is 3.63. The van der Waals surface area contributed by atoms with Crippen LogP contribution in [-0.2, 0) is 14.8 Å². The van der Waals surface area contributed by atoms with E-state index < -0.39 is 27.6 Å². The predicted octanol–water partition coefficient (Wildman–Crippen LogP) is 9.21. The van der Waals surface area contributed by atoms with Gasteiger partial charge in [0.2, 0.25) is 5.00 Å². The minimum Gasteiger partial charge on any atom is -0.465 e. The van der Waals surface area contributed by atoms with Crippen LogP contribution in [-0.4, -0.2) is 25.5 Å². The van der Waals surface area contributed by atoms with Crippen LogP contribution < -0.4 is 0 Å². The molecule has 0 unspecified atom stereocenters. The summed E-state index contributed by atoms with van der Waals surface area (Å²) >= 11 is 7.76. The normalized spacial score (nSPS) is 11.4. The molecule has 0 N–H and O–H groups in total. The fraction of sp³-hybridized carbons (Fsp3) is 0.0303. The van der Waals surface area contributed by atoms with E-state index in [4.69, 9.17) is 22.9 Å². The van der Waals surface area contributed by atoms with Gasteiger partial charge in [-0.05, 0) is 71.6 Å². The molecule has 218 valence electrons. The van der Waals surface area contributed by atoms with E-state index >= 15 is 0 Å².